The lowest BCUT2D eigenvalue weighted by atomic mass is 9.49. The molecule has 0 aliphatic heterocycles. The van der Waals surface area contributed by atoms with E-state index in [2.05, 4.69) is 37.4 Å². The highest BCUT2D eigenvalue weighted by atomic mass is 32.1. The first kappa shape index (κ1) is 22.0. The molecule has 0 bridgehead atoms. The fourth-order valence-corrected chi connectivity index (χ4v) is 8.14. The van der Waals surface area contributed by atoms with Gasteiger partial charge in [0.25, 0.3) is 0 Å². The Balaban J connectivity index is 1.57. The van der Waals surface area contributed by atoms with Gasteiger partial charge in [-0.2, -0.15) is 0 Å². The first-order chi connectivity index (χ1) is 14.3. The molecule has 4 rings (SSSR count). The first-order valence-corrected chi connectivity index (χ1v) is 12.3. The van der Waals surface area contributed by atoms with Gasteiger partial charge in [-0.05, 0) is 90.0 Å². The summed E-state index contributed by atoms with van der Waals surface area (Å²) in [5.74, 6) is 0.930. The van der Waals surface area contributed by atoms with Crippen molar-refractivity contribution in [2.75, 3.05) is 13.2 Å². The number of esters is 1. The van der Waals surface area contributed by atoms with Crippen LogP contribution in [0, 0.1) is 34.5 Å². The van der Waals surface area contributed by atoms with E-state index in [4.69, 9.17) is 4.74 Å². The zero-order chi connectivity index (χ0) is 21.5. The van der Waals surface area contributed by atoms with Gasteiger partial charge in [-0.25, -0.2) is 0 Å². The predicted molar refractivity (Wildman–Crippen MR) is 120 cm³/mol. The molecule has 1 aromatic rings. The van der Waals surface area contributed by atoms with Crippen LogP contribution >= 0.6 is 11.3 Å². The molecule has 166 valence electrons. The van der Waals surface area contributed by atoms with E-state index < -0.39 is 0 Å². The summed E-state index contributed by atoms with van der Waals surface area (Å²) < 4.78 is 5.49. The highest BCUT2D eigenvalue weighted by Gasteiger charge is 2.56. The first-order valence-electron chi connectivity index (χ1n) is 11.5. The third-order valence-electron chi connectivity index (χ3n) is 8.90. The predicted octanol–water partition coefficient (Wildman–Crippen LogP) is 4.91. The second-order valence-corrected chi connectivity index (χ2v) is 11.2. The van der Waals surface area contributed by atoms with Crippen molar-refractivity contribution < 1.29 is 19.7 Å². The van der Waals surface area contributed by atoms with Crippen LogP contribution in [0.25, 0.3) is 5.57 Å². The van der Waals surface area contributed by atoms with E-state index in [0.717, 1.165) is 38.5 Å². The normalized spacial score (nSPS) is 41.2. The summed E-state index contributed by atoms with van der Waals surface area (Å²) in [7, 11) is 0. The molecule has 1 heterocycles. The van der Waals surface area contributed by atoms with Crippen molar-refractivity contribution in [3.63, 3.8) is 0 Å². The van der Waals surface area contributed by atoms with Gasteiger partial charge in [0.05, 0.1) is 0 Å². The fraction of sp³-hybridized carbons (Fsp3) is 0.720. The Labute approximate surface area is 184 Å². The number of hydrogen-bond donors (Lipinski definition) is 2. The SMILES string of the molecule is CC(=O)OC1CCC(C)([C@H]2CC[C@]3(C)C(c4cccs4)=CC[C@H]3[C@@H]2CO)C(CO)C1. The van der Waals surface area contributed by atoms with E-state index in [0.29, 0.717) is 11.8 Å². The molecule has 0 radical (unpaired) electrons. The van der Waals surface area contributed by atoms with Crippen LogP contribution in [-0.4, -0.2) is 35.5 Å². The Morgan fingerprint density at radius 1 is 1.20 bits per heavy atom. The third kappa shape index (κ3) is 3.57. The molecule has 2 fully saturated rings. The number of rotatable bonds is 5. The summed E-state index contributed by atoms with van der Waals surface area (Å²) in [6.45, 7) is 6.50. The molecule has 2 saturated carbocycles. The molecule has 3 aliphatic rings. The molecule has 0 spiro atoms. The summed E-state index contributed by atoms with van der Waals surface area (Å²) in [4.78, 5) is 12.8. The molecular weight excluding hydrogens is 396 g/mol. The van der Waals surface area contributed by atoms with Gasteiger partial charge in [0.15, 0.2) is 0 Å². The minimum atomic E-state index is -0.236. The van der Waals surface area contributed by atoms with Gasteiger partial charge < -0.3 is 14.9 Å². The number of aliphatic hydroxyl groups is 2. The molecule has 4 nitrogen and oxygen atoms in total. The van der Waals surface area contributed by atoms with Gasteiger partial charge >= 0.3 is 5.97 Å². The quantitative estimate of drug-likeness (QED) is 0.649. The number of allylic oxidation sites excluding steroid dienone is 2. The van der Waals surface area contributed by atoms with Crippen molar-refractivity contribution in [3.8, 4) is 0 Å². The van der Waals surface area contributed by atoms with Gasteiger partial charge in [-0.15, -0.1) is 11.3 Å². The van der Waals surface area contributed by atoms with E-state index in [-0.39, 0.29) is 48.0 Å². The molecular formula is C25H36O4S. The maximum Gasteiger partial charge on any atom is 0.302 e. The Morgan fingerprint density at radius 3 is 2.63 bits per heavy atom. The smallest absolute Gasteiger partial charge is 0.302 e. The Hall–Kier alpha value is -1.17. The number of fused-ring (bicyclic) bond motifs is 1. The van der Waals surface area contributed by atoms with E-state index in [1.54, 1.807) is 0 Å². The average Bonchev–Trinajstić information content (AvgIpc) is 3.35. The maximum absolute atomic E-state index is 11.4. The molecule has 2 N–H and O–H groups in total. The summed E-state index contributed by atoms with van der Waals surface area (Å²) in [6.07, 6.45) is 8.07. The molecule has 3 aliphatic carbocycles. The molecule has 7 atom stereocenters. The lowest BCUT2D eigenvalue weighted by Gasteiger charge is -2.56. The molecule has 30 heavy (non-hydrogen) atoms. The van der Waals surface area contributed by atoms with Gasteiger partial charge in [0, 0.05) is 25.0 Å². The van der Waals surface area contributed by atoms with Crippen LogP contribution in [0.4, 0.5) is 0 Å². The number of thiophene rings is 1. The Bertz CT molecular complexity index is 787. The highest BCUT2D eigenvalue weighted by Crippen LogP contribution is 2.64. The van der Waals surface area contributed by atoms with Crippen LogP contribution in [0.2, 0.25) is 0 Å². The van der Waals surface area contributed by atoms with E-state index in [1.165, 1.54) is 17.4 Å². The van der Waals surface area contributed by atoms with Crippen molar-refractivity contribution in [3.05, 3.63) is 28.5 Å². The number of aliphatic hydroxyl groups excluding tert-OH is 2. The average molecular weight is 433 g/mol. The van der Waals surface area contributed by atoms with Gasteiger partial charge in [-0.3, -0.25) is 4.79 Å². The van der Waals surface area contributed by atoms with Crippen molar-refractivity contribution in [2.24, 2.45) is 34.5 Å². The Morgan fingerprint density at radius 2 is 2.00 bits per heavy atom. The second-order valence-electron chi connectivity index (χ2n) is 10.2. The monoisotopic (exact) mass is 432 g/mol. The van der Waals surface area contributed by atoms with Crippen molar-refractivity contribution in [2.45, 2.75) is 65.4 Å². The minimum absolute atomic E-state index is 0.0359. The maximum atomic E-state index is 11.4. The second kappa shape index (κ2) is 8.40. The van der Waals surface area contributed by atoms with E-state index >= 15 is 0 Å². The van der Waals surface area contributed by atoms with Crippen LogP contribution in [-0.2, 0) is 9.53 Å². The Kier molecular flexibility index (Phi) is 6.17. The van der Waals surface area contributed by atoms with Crippen molar-refractivity contribution in [1.82, 2.24) is 0 Å². The van der Waals surface area contributed by atoms with Crippen molar-refractivity contribution >= 4 is 22.9 Å². The van der Waals surface area contributed by atoms with Crippen LogP contribution in [0.15, 0.2) is 23.6 Å². The van der Waals surface area contributed by atoms with Crippen LogP contribution in [0.5, 0.6) is 0 Å². The van der Waals surface area contributed by atoms with Crippen molar-refractivity contribution in [1.29, 1.82) is 0 Å². The molecule has 0 amide bonds. The summed E-state index contributed by atoms with van der Waals surface area (Å²) in [6, 6.07) is 4.35. The zero-order valence-electron chi connectivity index (χ0n) is 18.5. The number of carbonyl (C=O) groups is 1. The summed E-state index contributed by atoms with van der Waals surface area (Å²) in [5, 5.41) is 23.0. The topological polar surface area (TPSA) is 66.8 Å². The number of carbonyl (C=O) groups excluding carboxylic acids is 1. The molecule has 3 unspecified atom stereocenters. The molecule has 5 heteroatoms. The highest BCUT2D eigenvalue weighted by molar-refractivity contribution is 7.11. The minimum Gasteiger partial charge on any atom is -0.463 e. The lowest BCUT2D eigenvalue weighted by molar-refractivity contribution is -0.156. The number of hydrogen-bond acceptors (Lipinski definition) is 5. The zero-order valence-corrected chi connectivity index (χ0v) is 19.3. The van der Waals surface area contributed by atoms with Gasteiger partial charge in [-0.1, -0.05) is 26.0 Å². The largest absolute Gasteiger partial charge is 0.463 e. The third-order valence-corrected chi connectivity index (χ3v) is 9.80. The van der Waals surface area contributed by atoms with Gasteiger partial charge in [0.1, 0.15) is 6.10 Å². The fourth-order valence-electron chi connectivity index (χ4n) is 7.24. The standard InChI is InChI=1S/C25H36O4S/c1-16(28)29-18-8-10-24(2,17(13-18)14-26)21-9-11-25(3)20(19(21)15-27)6-7-22(25)23-5-4-12-30-23/h4-5,7,12,17-21,26-27H,6,8-11,13-15H2,1-3H3/t17?,18?,19-,20-,21-,24?,25-/m0/s1. The van der Waals surface area contributed by atoms with Crippen LogP contribution < -0.4 is 0 Å². The van der Waals surface area contributed by atoms with Crippen LogP contribution in [0.3, 0.4) is 0 Å². The molecule has 0 aromatic carbocycles. The molecule has 0 saturated heterocycles. The van der Waals surface area contributed by atoms with E-state index in [1.807, 2.05) is 11.3 Å². The van der Waals surface area contributed by atoms with Gasteiger partial charge in [0.2, 0.25) is 0 Å². The number of ether oxygens (including phenoxy) is 1. The summed E-state index contributed by atoms with van der Waals surface area (Å²) in [5.41, 5.74) is 1.56. The molecule has 1 aromatic heterocycles. The lowest BCUT2D eigenvalue weighted by Crippen LogP contribution is -2.52. The van der Waals surface area contributed by atoms with Crippen LogP contribution in [0.1, 0.15) is 64.2 Å². The van der Waals surface area contributed by atoms with E-state index in [9.17, 15) is 15.0 Å². The summed E-state index contributed by atoms with van der Waals surface area (Å²) >= 11 is 1.82.